The van der Waals surface area contributed by atoms with Crippen LogP contribution >= 0.6 is 11.6 Å². The molecule has 2 amide bonds. The minimum atomic E-state index is -0.520. The standard InChI is InChI=1S/C19H20ClN3O2/c1-12(24)21-17-11-15(9-10-16(17)20)22-18(13-5-3-2-4-6-13)19(25)23-14-7-8-14/h2-6,9-11,14,18,22H,7-8H2,1H3,(H,21,24)(H,23,25)/t18-/m0/s1. The topological polar surface area (TPSA) is 70.2 Å². The second-order valence-corrected chi connectivity index (χ2v) is 6.55. The summed E-state index contributed by atoms with van der Waals surface area (Å²) >= 11 is 6.11. The first-order valence-electron chi connectivity index (χ1n) is 8.22. The molecule has 2 aromatic rings. The Hall–Kier alpha value is -2.53. The van der Waals surface area contributed by atoms with Gasteiger partial charge in [-0.25, -0.2) is 0 Å². The lowest BCUT2D eigenvalue weighted by atomic mass is 10.1. The first-order valence-corrected chi connectivity index (χ1v) is 8.60. The maximum absolute atomic E-state index is 12.7. The van der Waals surface area contributed by atoms with E-state index in [0.717, 1.165) is 18.4 Å². The Morgan fingerprint density at radius 2 is 1.84 bits per heavy atom. The number of halogens is 1. The predicted octanol–water partition coefficient (Wildman–Crippen LogP) is 3.73. The summed E-state index contributed by atoms with van der Waals surface area (Å²) in [7, 11) is 0. The van der Waals surface area contributed by atoms with Crippen molar-refractivity contribution in [1.29, 1.82) is 0 Å². The Morgan fingerprint density at radius 3 is 2.48 bits per heavy atom. The Bertz CT molecular complexity index is 775. The highest BCUT2D eigenvalue weighted by Crippen LogP contribution is 2.29. The smallest absolute Gasteiger partial charge is 0.247 e. The number of amides is 2. The fourth-order valence-corrected chi connectivity index (χ4v) is 2.69. The quantitative estimate of drug-likeness (QED) is 0.737. The summed E-state index contributed by atoms with van der Waals surface area (Å²) in [4.78, 5) is 24.0. The van der Waals surface area contributed by atoms with Gasteiger partial charge < -0.3 is 16.0 Å². The lowest BCUT2D eigenvalue weighted by Crippen LogP contribution is -2.34. The maximum Gasteiger partial charge on any atom is 0.247 e. The molecule has 1 aliphatic carbocycles. The summed E-state index contributed by atoms with van der Waals surface area (Å²) in [6.07, 6.45) is 2.06. The molecule has 130 valence electrons. The fraction of sp³-hybridized carbons (Fsp3) is 0.263. The molecule has 0 spiro atoms. The van der Waals surface area contributed by atoms with Crippen molar-refractivity contribution < 1.29 is 9.59 Å². The molecule has 3 rings (SSSR count). The van der Waals surface area contributed by atoms with Gasteiger partial charge in [-0.2, -0.15) is 0 Å². The summed E-state index contributed by atoms with van der Waals surface area (Å²) in [5.41, 5.74) is 2.08. The van der Waals surface area contributed by atoms with Crippen molar-refractivity contribution in [1.82, 2.24) is 5.32 Å². The molecule has 1 fully saturated rings. The molecule has 0 bridgehead atoms. The molecule has 0 heterocycles. The van der Waals surface area contributed by atoms with Crippen LogP contribution in [0.5, 0.6) is 0 Å². The molecule has 1 atom stereocenters. The maximum atomic E-state index is 12.7. The number of carbonyl (C=O) groups excluding carboxylic acids is 2. The first-order chi connectivity index (χ1) is 12.0. The van der Waals surface area contributed by atoms with Gasteiger partial charge in [-0.15, -0.1) is 0 Å². The van der Waals surface area contributed by atoms with Gasteiger partial charge in [0.2, 0.25) is 11.8 Å². The van der Waals surface area contributed by atoms with Crippen molar-refractivity contribution in [3.63, 3.8) is 0 Å². The largest absolute Gasteiger partial charge is 0.370 e. The molecule has 0 saturated heterocycles. The van der Waals surface area contributed by atoms with Crippen LogP contribution in [0.1, 0.15) is 31.4 Å². The van der Waals surface area contributed by atoms with E-state index in [1.807, 2.05) is 30.3 Å². The van der Waals surface area contributed by atoms with Gasteiger partial charge >= 0.3 is 0 Å². The van der Waals surface area contributed by atoms with E-state index in [0.29, 0.717) is 16.4 Å². The third-order valence-corrected chi connectivity index (χ3v) is 4.24. The van der Waals surface area contributed by atoms with Gasteiger partial charge in [0.15, 0.2) is 0 Å². The van der Waals surface area contributed by atoms with E-state index in [2.05, 4.69) is 16.0 Å². The van der Waals surface area contributed by atoms with Crippen LogP contribution in [0.15, 0.2) is 48.5 Å². The van der Waals surface area contributed by atoms with Gasteiger partial charge in [-0.05, 0) is 36.6 Å². The minimum absolute atomic E-state index is 0.0651. The Balaban J connectivity index is 1.84. The molecule has 3 N–H and O–H groups in total. The molecule has 6 heteroatoms. The van der Waals surface area contributed by atoms with Crippen LogP contribution < -0.4 is 16.0 Å². The number of nitrogens with one attached hydrogen (secondary N) is 3. The lowest BCUT2D eigenvalue weighted by molar-refractivity contribution is -0.122. The zero-order valence-electron chi connectivity index (χ0n) is 13.9. The molecule has 2 aromatic carbocycles. The van der Waals surface area contributed by atoms with Crippen LogP contribution in [0.3, 0.4) is 0 Å². The zero-order valence-corrected chi connectivity index (χ0v) is 14.6. The summed E-state index contributed by atoms with van der Waals surface area (Å²) in [6.45, 7) is 1.42. The second kappa shape index (κ2) is 7.57. The SMILES string of the molecule is CC(=O)Nc1cc(N[C@H](C(=O)NC2CC2)c2ccccc2)ccc1Cl. The summed E-state index contributed by atoms with van der Waals surface area (Å²) in [5, 5.41) is 9.41. The second-order valence-electron chi connectivity index (χ2n) is 6.15. The molecular formula is C19H20ClN3O2. The van der Waals surface area contributed by atoms with Gasteiger partial charge in [-0.1, -0.05) is 41.9 Å². The molecule has 0 unspecified atom stereocenters. The molecule has 0 aromatic heterocycles. The van der Waals surface area contributed by atoms with Crippen molar-refractivity contribution >= 4 is 34.8 Å². The van der Waals surface area contributed by atoms with Gasteiger partial charge in [0.1, 0.15) is 6.04 Å². The van der Waals surface area contributed by atoms with Crippen LogP contribution in [0, 0.1) is 0 Å². The number of benzene rings is 2. The van der Waals surface area contributed by atoms with E-state index in [-0.39, 0.29) is 17.9 Å². The van der Waals surface area contributed by atoms with E-state index in [4.69, 9.17) is 11.6 Å². The summed E-state index contributed by atoms with van der Waals surface area (Å²) < 4.78 is 0. The van der Waals surface area contributed by atoms with Crippen LogP contribution in [0.4, 0.5) is 11.4 Å². The molecule has 5 nitrogen and oxygen atoms in total. The van der Waals surface area contributed by atoms with Gasteiger partial charge in [0.05, 0.1) is 10.7 Å². The lowest BCUT2D eigenvalue weighted by Gasteiger charge is -2.20. The van der Waals surface area contributed by atoms with E-state index in [1.165, 1.54) is 6.92 Å². The van der Waals surface area contributed by atoms with Gasteiger partial charge in [0, 0.05) is 18.7 Å². The number of hydrogen-bond donors (Lipinski definition) is 3. The molecule has 0 radical (unpaired) electrons. The van der Waals surface area contributed by atoms with Crippen molar-refractivity contribution in [3.8, 4) is 0 Å². The number of hydrogen-bond acceptors (Lipinski definition) is 3. The monoisotopic (exact) mass is 357 g/mol. The van der Waals surface area contributed by atoms with E-state index in [1.54, 1.807) is 18.2 Å². The molecule has 25 heavy (non-hydrogen) atoms. The summed E-state index contributed by atoms with van der Waals surface area (Å²) in [6, 6.07) is 14.5. The first kappa shape index (κ1) is 17.3. The highest BCUT2D eigenvalue weighted by atomic mass is 35.5. The number of carbonyl (C=O) groups is 2. The number of anilines is 2. The average molecular weight is 358 g/mol. The molecule has 1 saturated carbocycles. The van der Waals surface area contributed by atoms with Gasteiger partial charge in [-0.3, -0.25) is 9.59 Å². The zero-order chi connectivity index (χ0) is 17.8. The predicted molar refractivity (Wildman–Crippen MR) is 99.7 cm³/mol. The Kier molecular flexibility index (Phi) is 5.24. The van der Waals surface area contributed by atoms with Crippen molar-refractivity contribution in [2.24, 2.45) is 0 Å². The van der Waals surface area contributed by atoms with Crippen molar-refractivity contribution in [3.05, 3.63) is 59.1 Å². The third kappa shape index (κ3) is 4.73. The highest BCUT2D eigenvalue weighted by Gasteiger charge is 2.28. The van der Waals surface area contributed by atoms with Gasteiger partial charge in [0.25, 0.3) is 0 Å². The van der Waals surface area contributed by atoms with Crippen molar-refractivity contribution in [2.75, 3.05) is 10.6 Å². The van der Waals surface area contributed by atoms with E-state index in [9.17, 15) is 9.59 Å². The molecule has 0 aliphatic heterocycles. The van der Waals surface area contributed by atoms with Crippen LogP contribution in [-0.2, 0) is 9.59 Å². The molecular weight excluding hydrogens is 338 g/mol. The molecule has 1 aliphatic rings. The van der Waals surface area contributed by atoms with E-state index < -0.39 is 6.04 Å². The normalized spacial score (nSPS) is 14.5. The minimum Gasteiger partial charge on any atom is -0.370 e. The van der Waals surface area contributed by atoms with Crippen LogP contribution in [0.2, 0.25) is 5.02 Å². The Morgan fingerprint density at radius 1 is 1.12 bits per heavy atom. The summed E-state index contributed by atoms with van der Waals surface area (Å²) in [5.74, 6) is -0.269. The van der Waals surface area contributed by atoms with E-state index >= 15 is 0 Å². The van der Waals surface area contributed by atoms with Crippen LogP contribution in [-0.4, -0.2) is 17.9 Å². The average Bonchev–Trinajstić information content (AvgIpc) is 3.39. The fourth-order valence-electron chi connectivity index (χ4n) is 2.53. The van der Waals surface area contributed by atoms with Crippen molar-refractivity contribution in [2.45, 2.75) is 31.8 Å². The third-order valence-electron chi connectivity index (χ3n) is 3.91. The number of rotatable bonds is 6. The van der Waals surface area contributed by atoms with Crippen LogP contribution in [0.25, 0.3) is 0 Å². The highest BCUT2D eigenvalue weighted by molar-refractivity contribution is 6.33. The Labute approximate surface area is 151 Å².